The van der Waals surface area contributed by atoms with Gasteiger partial charge in [-0.2, -0.15) is 10.2 Å². The molecule has 0 atom stereocenters. The molecule has 1 N–H and O–H groups in total. The maximum atomic E-state index is 12.7. The fraction of sp³-hybridized carbons (Fsp3) is 0.333. The van der Waals surface area contributed by atoms with E-state index in [1.807, 2.05) is 35.1 Å². The molecule has 2 fully saturated rings. The van der Waals surface area contributed by atoms with Gasteiger partial charge in [-0.05, 0) is 12.5 Å². The number of hydrogen-bond acceptors (Lipinski definition) is 4. The lowest BCUT2D eigenvalue weighted by atomic mass is 10.1. The van der Waals surface area contributed by atoms with Crippen molar-refractivity contribution in [3.05, 3.63) is 42.4 Å². The summed E-state index contributed by atoms with van der Waals surface area (Å²) in [6.45, 7) is 1.94. The maximum Gasteiger partial charge on any atom is 0.275 e. The highest BCUT2D eigenvalue weighted by Crippen LogP contribution is 2.27. The Hall–Kier alpha value is -3.16. The number of aromatic nitrogens is 4. The van der Waals surface area contributed by atoms with Crippen LogP contribution in [0.15, 0.2) is 36.7 Å². The van der Waals surface area contributed by atoms with Crippen molar-refractivity contribution in [3.63, 3.8) is 0 Å². The summed E-state index contributed by atoms with van der Waals surface area (Å²) in [5.41, 5.74) is 2.17. The van der Waals surface area contributed by atoms with Crippen LogP contribution < -0.4 is 4.90 Å². The predicted molar refractivity (Wildman–Crippen MR) is 94.8 cm³/mol. The number of amides is 2. The average Bonchev–Trinajstić information content (AvgIpc) is 3.32. The summed E-state index contributed by atoms with van der Waals surface area (Å²) in [5, 5.41) is 12.3. The number of para-hydroxylation sites is 1. The molecule has 0 bridgehead atoms. The van der Waals surface area contributed by atoms with Gasteiger partial charge >= 0.3 is 0 Å². The Morgan fingerprint density at radius 2 is 2.08 bits per heavy atom. The molecular formula is C18H18N6O2. The second-order valence-electron chi connectivity index (χ2n) is 6.81. The molecule has 1 aromatic carbocycles. The van der Waals surface area contributed by atoms with Gasteiger partial charge in [-0.3, -0.25) is 19.4 Å². The summed E-state index contributed by atoms with van der Waals surface area (Å²) >= 11 is 0. The highest BCUT2D eigenvalue weighted by molar-refractivity contribution is 6.04. The molecule has 8 heteroatoms. The van der Waals surface area contributed by atoms with Crippen LogP contribution >= 0.6 is 0 Å². The molecule has 5 rings (SSSR count). The first-order chi connectivity index (χ1) is 12.7. The van der Waals surface area contributed by atoms with E-state index in [-0.39, 0.29) is 17.9 Å². The standard InChI is InChI=1S/C18H18N6O2/c25-16-6-3-7-23(16)12-8-19-24(11-12)13-9-22(10-13)18(26)17-14-4-1-2-5-15(14)20-21-17/h1-2,4-5,8,11,13H,3,6-7,9-10H2,(H,20,21). The number of anilines is 1. The van der Waals surface area contributed by atoms with E-state index in [0.717, 1.165) is 29.6 Å². The zero-order valence-electron chi connectivity index (χ0n) is 14.1. The van der Waals surface area contributed by atoms with Crippen molar-refractivity contribution in [1.29, 1.82) is 0 Å². The molecule has 3 aromatic rings. The van der Waals surface area contributed by atoms with Gasteiger partial charge in [-0.25, -0.2) is 0 Å². The lowest BCUT2D eigenvalue weighted by molar-refractivity contribution is -0.117. The molecule has 4 heterocycles. The molecule has 2 aliphatic heterocycles. The van der Waals surface area contributed by atoms with Gasteiger partial charge in [0.2, 0.25) is 5.91 Å². The molecule has 2 aromatic heterocycles. The van der Waals surface area contributed by atoms with E-state index < -0.39 is 0 Å². The molecule has 2 aliphatic rings. The number of likely N-dealkylation sites (tertiary alicyclic amines) is 1. The summed E-state index contributed by atoms with van der Waals surface area (Å²) < 4.78 is 1.85. The summed E-state index contributed by atoms with van der Waals surface area (Å²) in [6, 6.07) is 7.75. The van der Waals surface area contributed by atoms with E-state index >= 15 is 0 Å². The van der Waals surface area contributed by atoms with Gasteiger partial charge in [0.1, 0.15) is 0 Å². The highest BCUT2D eigenvalue weighted by atomic mass is 16.2. The monoisotopic (exact) mass is 350 g/mol. The van der Waals surface area contributed by atoms with E-state index in [9.17, 15) is 9.59 Å². The van der Waals surface area contributed by atoms with Crippen molar-refractivity contribution in [2.24, 2.45) is 0 Å². The van der Waals surface area contributed by atoms with E-state index in [1.165, 1.54) is 0 Å². The second kappa shape index (κ2) is 5.69. The number of carbonyl (C=O) groups is 2. The average molecular weight is 350 g/mol. The first-order valence-electron chi connectivity index (χ1n) is 8.77. The lowest BCUT2D eigenvalue weighted by Crippen LogP contribution is -2.51. The number of nitrogens with zero attached hydrogens (tertiary/aromatic N) is 5. The zero-order chi connectivity index (χ0) is 17.7. The predicted octanol–water partition coefficient (Wildman–Crippen LogP) is 1.58. The molecule has 8 nitrogen and oxygen atoms in total. The normalized spacial score (nSPS) is 17.9. The van der Waals surface area contributed by atoms with Gasteiger partial charge < -0.3 is 9.80 Å². The SMILES string of the molecule is O=C(c1n[nH]c2ccccc12)N1CC(n2cc(N3CCCC3=O)cn2)C1. The third-order valence-corrected chi connectivity index (χ3v) is 5.17. The fourth-order valence-electron chi connectivity index (χ4n) is 3.65. The number of fused-ring (bicyclic) bond motifs is 1. The Morgan fingerprint density at radius 1 is 1.23 bits per heavy atom. The Labute approximate surface area is 149 Å². The topological polar surface area (TPSA) is 87.1 Å². The number of carbonyl (C=O) groups excluding carboxylic acids is 2. The minimum atomic E-state index is -0.0687. The molecule has 0 spiro atoms. The number of hydrogen-bond donors (Lipinski definition) is 1. The number of benzene rings is 1. The molecule has 0 saturated carbocycles. The van der Waals surface area contributed by atoms with Crippen LogP contribution in [0.1, 0.15) is 29.4 Å². The molecule has 0 unspecified atom stereocenters. The van der Waals surface area contributed by atoms with E-state index in [2.05, 4.69) is 15.3 Å². The van der Waals surface area contributed by atoms with E-state index in [0.29, 0.717) is 25.2 Å². The van der Waals surface area contributed by atoms with Crippen LogP contribution in [0.3, 0.4) is 0 Å². The van der Waals surface area contributed by atoms with Gasteiger partial charge in [0.25, 0.3) is 5.91 Å². The fourth-order valence-corrected chi connectivity index (χ4v) is 3.65. The molecular weight excluding hydrogens is 332 g/mol. The Balaban J connectivity index is 1.28. The Bertz CT molecular complexity index is 1000. The van der Waals surface area contributed by atoms with Gasteiger partial charge in [-0.15, -0.1) is 0 Å². The molecule has 0 aliphatic carbocycles. The minimum Gasteiger partial charge on any atom is -0.333 e. The summed E-state index contributed by atoms with van der Waals surface area (Å²) in [4.78, 5) is 28.1. The Morgan fingerprint density at radius 3 is 2.88 bits per heavy atom. The van der Waals surface area contributed by atoms with Crippen LogP contribution in [0.2, 0.25) is 0 Å². The van der Waals surface area contributed by atoms with Crippen molar-refractivity contribution in [2.75, 3.05) is 24.5 Å². The summed E-state index contributed by atoms with van der Waals surface area (Å²) in [5.74, 6) is 0.0844. The maximum absolute atomic E-state index is 12.7. The largest absolute Gasteiger partial charge is 0.333 e. The first-order valence-corrected chi connectivity index (χ1v) is 8.77. The van der Waals surface area contributed by atoms with Crippen molar-refractivity contribution < 1.29 is 9.59 Å². The lowest BCUT2D eigenvalue weighted by Gasteiger charge is -2.38. The van der Waals surface area contributed by atoms with E-state index in [1.54, 1.807) is 16.0 Å². The quantitative estimate of drug-likeness (QED) is 0.777. The van der Waals surface area contributed by atoms with Crippen molar-refractivity contribution in [2.45, 2.75) is 18.9 Å². The number of nitrogens with one attached hydrogen (secondary N) is 1. The van der Waals surface area contributed by atoms with Gasteiger partial charge in [0.05, 0.1) is 23.4 Å². The van der Waals surface area contributed by atoms with Crippen LogP contribution in [0.4, 0.5) is 5.69 Å². The minimum absolute atomic E-state index is 0.0687. The van der Waals surface area contributed by atoms with Crippen LogP contribution in [-0.4, -0.2) is 56.3 Å². The van der Waals surface area contributed by atoms with E-state index in [4.69, 9.17) is 0 Å². The zero-order valence-corrected chi connectivity index (χ0v) is 14.1. The van der Waals surface area contributed by atoms with Crippen LogP contribution in [0.5, 0.6) is 0 Å². The molecule has 2 saturated heterocycles. The molecule has 132 valence electrons. The van der Waals surface area contributed by atoms with Crippen molar-refractivity contribution in [3.8, 4) is 0 Å². The third-order valence-electron chi connectivity index (χ3n) is 5.17. The van der Waals surface area contributed by atoms with Crippen LogP contribution in [0, 0.1) is 0 Å². The molecule has 26 heavy (non-hydrogen) atoms. The number of rotatable bonds is 3. The highest BCUT2D eigenvalue weighted by Gasteiger charge is 2.35. The summed E-state index contributed by atoms with van der Waals surface area (Å²) in [7, 11) is 0. The molecule has 2 amide bonds. The number of aromatic amines is 1. The smallest absolute Gasteiger partial charge is 0.275 e. The van der Waals surface area contributed by atoms with Gasteiger partial charge in [0.15, 0.2) is 5.69 Å². The molecule has 0 radical (unpaired) electrons. The summed E-state index contributed by atoms with van der Waals surface area (Å²) in [6.07, 6.45) is 5.14. The van der Waals surface area contributed by atoms with Crippen LogP contribution in [-0.2, 0) is 4.79 Å². The first kappa shape index (κ1) is 15.1. The van der Waals surface area contributed by atoms with Gasteiger partial charge in [0, 0.05) is 37.6 Å². The third kappa shape index (κ3) is 2.29. The second-order valence-corrected chi connectivity index (χ2v) is 6.81. The van der Waals surface area contributed by atoms with Crippen molar-refractivity contribution in [1.82, 2.24) is 24.9 Å². The number of H-pyrrole nitrogens is 1. The van der Waals surface area contributed by atoms with Gasteiger partial charge in [-0.1, -0.05) is 18.2 Å². The van der Waals surface area contributed by atoms with Crippen molar-refractivity contribution >= 4 is 28.4 Å². The van der Waals surface area contributed by atoms with Crippen LogP contribution in [0.25, 0.3) is 10.9 Å². The Kier molecular flexibility index (Phi) is 3.31.